The summed E-state index contributed by atoms with van der Waals surface area (Å²) in [6.45, 7) is 6.11. The average molecular weight is 461 g/mol. The van der Waals surface area contributed by atoms with E-state index in [9.17, 15) is 9.18 Å². The molecule has 1 aromatic carbocycles. The summed E-state index contributed by atoms with van der Waals surface area (Å²) >= 11 is 1.62. The van der Waals surface area contributed by atoms with Crippen LogP contribution < -0.4 is 5.32 Å². The number of thiophene rings is 1. The van der Waals surface area contributed by atoms with Crippen LogP contribution in [-0.4, -0.2) is 20.4 Å². The number of nitrogens with one attached hydrogen (secondary N) is 1. The molecule has 1 fully saturated rings. The zero-order valence-electron chi connectivity index (χ0n) is 18.8. The van der Waals surface area contributed by atoms with Crippen molar-refractivity contribution < 1.29 is 9.18 Å². The summed E-state index contributed by atoms with van der Waals surface area (Å²) in [6.07, 6.45) is 6.01. The van der Waals surface area contributed by atoms with E-state index in [1.165, 1.54) is 11.6 Å². The van der Waals surface area contributed by atoms with Crippen molar-refractivity contribution in [3.63, 3.8) is 0 Å². The number of aryl methyl sites for hydroxylation is 1. The molecule has 0 unspecified atom stereocenters. The first-order valence-electron chi connectivity index (χ1n) is 11.1. The maximum Gasteiger partial charge on any atom is 0.259 e. The molecule has 0 atom stereocenters. The van der Waals surface area contributed by atoms with Gasteiger partial charge in [0.1, 0.15) is 11.6 Å². The fraction of sp³-hybridized carbons (Fsp3) is 0.269. The second-order valence-corrected chi connectivity index (χ2v) is 9.74. The van der Waals surface area contributed by atoms with E-state index in [4.69, 9.17) is 0 Å². The summed E-state index contributed by atoms with van der Waals surface area (Å²) in [4.78, 5) is 23.2. The largest absolute Gasteiger partial charge is 0.306 e. The van der Waals surface area contributed by atoms with E-state index in [1.807, 2.05) is 35.2 Å². The lowest BCUT2D eigenvalue weighted by Crippen LogP contribution is -2.16. The monoisotopic (exact) mass is 460 g/mol. The van der Waals surface area contributed by atoms with E-state index < -0.39 is 11.7 Å². The number of pyridine rings is 1. The van der Waals surface area contributed by atoms with Crippen LogP contribution in [0.5, 0.6) is 0 Å². The quantitative estimate of drug-likeness (QED) is 0.348. The van der Waals surface area contributed by atoms with Crippen LogP contribution >= 0.6 is 11.3 Å². The van der Waals surface area contributed by atoms with Gasteiger partial charge in [0.25, 0.3) is 5.91 Å². The Bertz CT molecular complexity index is 1340. The Kier molecular flexibility index (Phi) is 5.58. The molecule has 1 aliphatic rings. The number of rotatable bonds is 6. The number of hydrogen-bond acceptors (Lipinski definition) is 4. The van der Waals surface area contributed by atoms with Crippen molar-refractivity contribution in [2.45, 2.75) is 45.4 Å². The summed E-state index contributed by atoms with van der Waals surface area (Å²) < 4.78 is 16.6. The molecule has 5 rings (SSSR count). The fourth-order valence-corrected chi connectivity index (χ4v) is 4.99. The van der Waals surface area contributed by atoms with Crippen LogP contribution in [0.4, 0.5) is 10.2 Å². The van der Waals surface area contributed by atoms with Crippen molar-refractivity contribution in [1.29, 1.82) is 0 Å². The van der Waals surface area contributed by atoms with Crippen molar-refractivity contribution in [1.82, 2.24) is 14.5 Å². The Hall–Kier alpha value is -3.32. The third kappa shape index (κ3) is 4.33. The van der Waals surface area contributed by atoms with Crippen LogP contribution in [0.3, 0.4) is 0 Å². The molecule has 1 saturated carbocycles. The van der Waals surface area contributed by atoms with Gasteiger partial charge in [0.2, 0.25) is 0 Å². The first-order valence-corrected chi connectivity index (χ1v) is 12.0. The Morgan fingerprint density at radius 3 is 2.82 bits per heavy atom. The van der Waals surface area contributed by atoms with E-state index in [0.717, 1.165) is 40.4 Å². The lowest BCUT2D eigenvalue weighted by Gasteiger charge is -2.12. The van der Waals surface area contributed by atoms with Gasteiger partial charge in [0, 0.05) is 12.1 Å². The molecule has 168 valence electrons. The van der Waals surface area contributed by atoms with Gasteiger partial charge in [-0.3, -0.25) is 4.79 Å². The fourth-order valence-electron chi connectivity index (χ4n) is 3.97. The molecule has 1 aliphatic carbocycles. The van der Waals surface area contributed by atoms with Crippen LogP contribution in [0, 0.1) is 12.7 Å². The number of benzene rings is 1. The molecular formula is C26H25FN4OS. The molecule has 0 spiro atoms. The van der Waals surface area contributed by atoms with E-state index in [2.05, 4.69) is 35.2 Å². The van der Waals surface area contributed by atoms with Gasteiger partial charge < -0.3 is 9.88 Å². The van der Waals surface area contributed by atoms with Gasteiger partial charge in [-0.1, -0.05) is 19.9 Å². The Balaban J connectivity index is 1.42. The molecule has 0 aliphatic heterocycles. The van der Waals surface area contributed by atoms with Crippen LogP contribution in [0.1, 0.15) is 65.7 Å². The normalized spacial score (nSPS) is 13.5. The average Bonchev–Trinajstić information content (AvgIpc) is 3.31. The van der Waals surface area contributed by atoms with Gasteiger partial charge >= 0.3 is 0 Å². The number of halogens is 1. The Morgan fingerprint density at radius 1 is 1.24 bits per heavy atom. The minimum absolute atomic E-state index is 0.0246. The van der Waals surface area contributed by atoms with E-state index in [1.54, 1.807) is 29.8 Å². The Morgan fingerprint density at radius 2 is 2.06 bits per heavy atom. The van der Waals surface area contributed by atoms with Gasteiger partial charge in [-0.25, -0.2) is 14.4 Å². The highest BCUT2D eigenvalue weighted by Crippen LogP contribution is 2.39. The number of carbonyl (C=O) groups excluding carboxylic acids is 1. The zero-order chi connectivity index (χ0) is 23.1. The molecule has 3 aromatic heterocycles. The molecular weight excluding hydrogens is 435 g/mol. The maximum atomic E-state index is 14.8. The predicted molar refractivity (Wildman–Crippen MR) is 130 cm³/mol. The van der Waals surface area contributed by atoms with Gasteiger partial charge in [0.05, 0.1) is 33.8 Å². The smallest absolute Gasteiger partial charge is 0.259 e. The van der Waals surface area contributed by atoms with E-state index in [0.29, 0.717) is 17.7 Å². The standard InChI is InChI=1S/C26H25FN4OS/c1-15(2)18-9-10-33-25(18)21-5-4-6-24(29-21)30-26(32)19-12-23(16(3)11-20(19)27)31-13-22(28-14-31)17-7-8-17/h4-6,9-15,17H,7-8H2,1-3H3,(H,29,30,32). The molecule has 1 N–H and O–H groups in total. The molecule has 33 heavy (non-hydrogen) atoms. The second kappa shape index (κ2) is 8.56. The first-order chi connectivity index (χ1) is 15.9. The van der Waals surface area contributed by atoms with Gasteiger partial charge in [-0.15, -0.1) is 11.3 Å². The molecule has 4 aromatic rings. The van der Waals surface area contributed by atoms with Crippen LogP contribution in [0.2, 0.25) is 0 Å². The number of aromatic nitrogens is 3. The summed E-state index contributed by atoms with van der Waals surface area (Å²) in [6, 6.07) is 10.6. The predicted octanol–water partition coefficient (Wildman–Crippen LogP) is 6.70. The molecule has 0 radical (unpaired) electrons. The van der Waals surface area contributed by atoms with Gasteiger partial charge in [-0.05, 0) is 72.5 Å². The summed E-state index contributed by atoms with van der Waals surface area (Å²) in [5, 5.41) is 4.82. The number of amides is 1. The Labute approximate surface area is 196 Å². The number of nitrogens with zero attached hydrogens (tertiary/aromatic N) is 3. The maximum absolute atomic E-state index is 14.8. The van der Waals surface area contributed by atoms with Crippen molar-refractivity contribution in [3.8, 4) is 16.3 Å². The number of carbonyl (C=O) groups is 1. The zero-order valence-corrected chi connectivity index (χ0v) is 19.6. The number of imidazole rings is 1. The highest BCUT2D eigenvalue weighted by Gasteiger charge is 2.26. The van der Waals surface area contributed by atoms with Crippen molar-refractivity contribution >= 4 is 23.1 Å². The molecule has 0 saturated heterocycles. The second-order valence-electron chi connectivity index (χ2n) is 8.82. The molecule has 1 amide bonds. The molecule has 7 heteroatoms. The highest BCUT2D eigenvalue weighted by molar-refractivity contribution is 7.13. The lowest BCUT2D eigenvalue weighted by molar-refractivity contribution is 0.102. The first kappa shape index (κ1) is 21.5. The molecule has 0 bridgehead atoms. The molecule has 3 heterocycles. The minimum Gasteiger partial charge on any atom is -0.306 e. The third-order valence-corrected chi connectivity index (χ3v) is 6.90. The van der Waals surface area contributed by atoms with Crippen molar-refractivity contribution in [2.24, 2.45) is 0 Å². The highest BCUT2D eigenvalue weighted by atomic mass is 32.1. The SMILES string of the molecule is Cc1cc(F)c(C(=O)Nc2cccc(-c3sccc3C(C)C)n2)cc1-n1cnc(C2CC2)c1. The van der Waals surface area contributed by atoms with E-state index >= 15 is 0 Å². The van der Waals surface area contributed by atoms with Crippen LogP contribution in [-0.2, 0) is 0 Å². The molecule has 5 nitrogen and oxygen atoms in total. The van der Waals surface area contributed by atoms with Crippen molar-refractivity contribution in [3.05, 3.63) is 82.5 Å². The summed E-state index contributed by atoms with van der Waals surface area (Å²) in [5.41, 5.74) is 4.51. The number of hydrogen-bond donors (Lipinski definition) is 1. The summed E-state index contributed by atoms with van der Waals surface area (Å²) in [7, 11) is 0. The van der Waals surface area contributed by atoms with Crippen LogP contribution in [0.25, 0.3) is 16.3 Å². The van der Waals surface area contributed by atoms with Crippen molar-refractivity contribution in [2.75, 3.05) is 5.32 Å². The topological polar surface area (TPSA) is 59.8 Å². The minimum atomic E-state index is -0.562. The van der Waals surface area contributed by atoms with Crippen LogP contribution in [0.15, 0.2) is 54.3 Å². The van der Waals surface area contributed by atoms with Gasteiger partial charge in [-0.2, -0.15) is 0 Å². The summed E-state index contributed by atoms with van der Waals surface area (Å²) in [5.74, 6) is 0.187. The third-order valence-electron chi connectivity index (χ3n) is 5.95. The van der Waals surface area contributed by atoms with E-state index in [-0.39, 0.29) is 5.56 Å². The lowest BCUT2D eigenvalue weighted by atomic mass is 10.0. The number of anilines is 1. The van der Waals surface area contributed by atoms with Gasteiger partial charge in [0.15, 0.2) is 0 Å².